The number of aryl methyl sites for hydroxylation is 2. The van der Waals surface area contributed by atoms with Crippen molar-refractivity contribution < 1.29 is 9.90 Å². The summed E-state index contributed by atoms with van der Waals surface area (Å²) in [6.07, 6.45) is 3.39. The van der Waals surface area contributed by atoms with E-state index in [4.69, 9.17) is 5.11 Å². The number of hydrogen-bond donors (Lipinski definition) is 1. The summed E-state index contributed by atoms with van der Waals surface area (Å²) in [5, 5.41) is 9.78. The van der Waals surface area contributed by atoms with Crippen molar-refractivity contribution in [1.82, 2.24) is 9.97 Å². The van der Waals surface area contributed by atoms with Crippen LogP contribution in [0.5, 0.6) is 0 Å². The monoisotopic (exact) mass is 234 g/mol. The molecule has 0 aromatic carbocycles. The zero-order valence-electron chi connectivity index (χ0n) is 8.89. The molecular weight excluding hydrogens is 224 g/mol. The lowest BCUT2D eigenvalue weighted by atomic mass is 10.1. The number of carboxylic acid groups (broad SMARTS) is 1. The van der Waals surface area contributed by atoms with Crippen LogP contribution < -0.4 is 0 Å². The lowest BCUT2D eigenvalue weighted by molar-refractivity contribution is 0.0692. The predicted octanol–water partition coefficient (Wildman–Crippen LogP) is 2.52. The average molecular weight is 234 g/mol. The van der Waals surface area contributed by atoms with E-state index in [-0.39, 0.29) is 5.69 Å². The number of thiazole rings is 1. The first-order chi connectivity index (χ1) is 7.58. The Hall–Kier alpha value is -1.75. The summed E-state index contributed by atoms with van der Waals surface area (Å²) in [6.45, 7) is 3.72. The number of aromatic carboxylic acids is 1. The number of nitrogens with zero attached hydrogens (tertiary/aromatic N) is 2. The van der Waals surface area contributed by atoms with Crippen molar-refractivity contribution in [1.29, 1.82) is 0 Å². The molecule has 5 heteroatoms. The Morgan fingerprint density at radius 1 is 1.38 bits per heavy atom. The normalized spacial score (nSPS) is 10.4. The first-order valence-corrected chi connectivity index (χ1v) is 5.52. The molecule has 0 unspecified atom stereocenters. The minimum Gasteiger partial charge on any atom is -0.476 e. The maximum atomic E-state index is 11.0. The summed E-state index contributed by atoms with van der Waals surface area (Å²) in [6, 6.07) is 1.91. The lowest BCUT2D eigenvalue weighted by Gasteiger charge is -1.99. The van der Waals surface area contributed by atoms with Gasteiger partial charge in [0.15, 0.2) is 5.69 Å². The summed E-state index contributed by atoms with van der Waals surface area (Å²) < 4.78 is 0. The molecule has 1 N–H and O–H groups in total. The van der Waals surface area contributed by atoms with Crippen molar-refractivity contribution in [2.24, 2.45) is 0 Å². The van der Waals surface area contributed by atoms with Gasteiger partial charge in [-0.25, -0.2) is 9.78 Å². The number of hydrogen-bond acceptors (Lipinski definition) is 4. The molecule has 0 aliphatic heterocycles. The predicted molar refractivity (Wildman–Crippen MR) is 61.8 cm³/mol. The van der Waals surface area contributed by atoms with Gasteiger partial charge in [-0.1, -0.05) is 0 Å². The number of carbonyl (C=O) groups is 1. The van der Waals surface area contributed by atoms with Gasteiger partial charge in [0.25, 0.3) is 0 Å². The maximum absolute atomic E-state index is 11.0. The van der Waals surface area contributed by atoms with Crippen molar-refractivity contribution in [2.45, 2.75) is 13.8 Å². The van der Waals surface area contributed by atoms with Gasteiger partial charge in [-0.3, -0.25) is 4.98 Å². The molecule has 2 aromatic rings. The molecule has 0 saturated heterocycles. The molecule has 0 aliphatic rings. The Kier molecular flexibility index (Phi) is 2.70. The molecule has 0 aliphatic carbocycles. The van der Waals surface area contributed by atoms with E-state index in [0.717, 1.165) is 16.1 Å². The highest BCUT2D eigenvalue weighted by Crippen LogP contribution is 2.29. The van der Waals surface area contributed by atoms with Crippen LogP contribution in [0.3, 0.4) is 0 Å². The Morgan fingerprint density at radius 3 is 2.75 bits per heavy atom. The molecular formula is C11H10N2O2S. The van der Waals surface area contributed by atoms with E-state index >= 15 is 0 Å². The number of carboxylic acids is 1. The zero-order valence-corrected chi connectivity index (χ0v) is 9.71. The highest BCUT2D eigenvalue weighted by molar-refractivity contribution is 7.15. The van der Waals surface area contributed by atoms with Crippen LogP contribution in [-0.2, 0) is 0 Å². The molecule has 4 nitrogen and oxygen atoms in total. The standard InChI is InChI=1S/C11H10N2O2S/c1-6-3-8(5-12-4-6)10-9(11(14)15)13-7(2)16-10/h3-5H,1-2H3,(H,14,15). The molecule has 0 fully saturated rings. The molecule has 0 radical (unpaired) electrons. The molecule has 82 valence electrons. The third kappa shape index (κ3) is 1.94. The molecule has 2 aromatic heterocycles. The molecule has 0 saturated carbocycles. The van der Waals surface area contributed by atoms with Gasteiger partial charge in [0.1, 0.15) is 0 Å². The van der Waals surface area contributed by atoms with Gasteiger partial charge in [0.2, 0.25) is 0 Å². The van der Waals surface area contributed by atoms with Crippen LogP contribution in [0.2, 0.25) is 0 Å². The van der Waals surface area contributed by atoms with E-state index in [1.165, 1.54) is 11.3 Å². The lowest BCUT2D eigenvalue weighted by Crippen LogP contribution is -1.99. The fourth-order valence-corrected chi connectivity index (χ4v) is 2.34. The van der Waals surface area contributed by atoms with Crippen molar-refractivity contribution >= 4 is 17.3 Å². The topological polar surface area (TPSA) is 63.1 Å². The van der Waals surface area contributed by atoms with Crippen LogP contribution in [0.1, 0.15) is 21.1 Å². The summed E-state index contributed by atoms with van der Waals surface area (Å²) in [5.41, 5.74) is 1.91. The SMILES string of the molecule is Cc1cncc(-c2sc(C)nc2C(=O)O)c1. The molecule has 0 atom stereocenters. The third-order valence-corrected chi connectivity index (χ3v) is 3.09. The first kappa shape index (κ1) is 10.8. The molecule has 0 spiro atoms. The van der Waals surface area contributed by atoms with E-state index < -0.39 is 5.97 Å². The van der Waals surface area contributed by atoms with Gasteiger partial charge >= 0.3 is 5.97 Å². The smallest absolute Gasteiger partial charge is 0.356 e. The summed E-state index contributed by atoms with van der Waals surface area (Å²) in [5.74, 6) is -0.999. The number of aromatic nitrogens is 2. The van der Waals surface area contributed by atoms with Crippen LogP contribution in [0.25, 0.3) is 10.4 Å². The summed E-state index contributed by atoms with van der Waals surface area (Å²) in [4.78, 5) is 19.7. The van der Waals surface area contributed by atoms with Gasteiger partial charge < -0.3 is 5.11 Å². The first-order valence-electron chi connectivity index (χ1n) is 4.70. The average Bonchev–Trinajstić information content (AvgIpc) is 2.60. The van der Waals surface area contributed by atoms with Gasteiger partial charge in [-0.2, -0.15) is 0 Å². The fraction of sp³-hybridized carbons (Fsp3) is 0.182. The Balaban J connectivity index is 2.59. The second-order valence-corrected chi connectivity index (χ2v) is 4.67. The highest BCUT2D eigenvalue weighted by Gasteiger charge is 2.17. The van der Waals surface area contributed by atoms with Crippen LogP contribution >= 0.6 is 11.3 Å². The van der Waals surface area contributed by atoms with Gasteiger partial charge in [-0.15, -0.1) is 11.3 Å². The second kappa shape index (κ2) is 4.02. The third-order valence-electron chi connectivity index (χ3n) is 2.07. The number of pyridine rings is 1. The number of rotatable bonds is 2. The fourth-order valence-electron chi connectivity index (χ4n) is 1.45. The largest absolute Gasteiger partial charge is 0.476 e. The van der Waals surface area contributed by atoms with Crippen LogP contribution in [0.15, 0.2) is 18.5 Å². The van der Waals surface area contributed by atoms with Crippen LogP contribution in [0, 0.1) is 13.8 Å². The summed E-state index contributed by atoms with van der Waals surface area (Å²) >= 11 is 1.37. The molecule has 0 amide bonds. The van der Waals surface area contributed by atoms with E-state index in [9.17, 15) is 4.79 Å². The van der Waals surface area contributed by atoms with Crippen molar-refractivity contribution in [3.63, 3.8) is 0 Å². The van der Waals surface area contributed by atoms with E-state index in [2.05, 4.69) is 9.97 Å². The molecule has 0 bridgehead atoms. The van der Waals surface area contributed by atoms with Crippen LogP contribution in [0.4, 0.5) is 0 Å². The quantitative estimate of drug-likeness (QED) is 0.867. The minimum atomic E-state index is -0.999. The van der Waals surface area contributed by atoms with Crippen LogP contribution in [-0.4, -0.2) is 21.0 Å². The van der Waals surface area contributed by atoms with Crippen molar-refractivity contribution in [2.75, 3.05) is 0 Å². The Bertz CT molecular complexity index is 549. The van der Waals surface area contributed by atoms with Crippen molar-refractivity contribution in [3.8, 4) is 10.4 Å². The van der Waals surface area contributed by atoms with E-state index in [1.807, 2.05) is 13.0 Å². The Morgan fingerprint density at radius 2 is 2.12 bits per heavy atom. The summed E-state index contributed by atoms with van der Waals surface area (Å²) in [7, 11) is 0. The minimum absolute atomic E-state index is 0.106. The molecule has 2 heterocycles. The maximum Gasteiger partial charge on any atom is 0.356 e. The highest BCUT2D eigenvalue weighted by atomic mass is 32.1. The van der Waals surface area contributed by atoms with Gasteiger partial charge in [0.05, 0.1) is 9.88 Å². The Labute approximate surface area is 96.6 Å². The van der Waals surface area contributed by atoms with E-state index in [0.29, 0.717) is 4.88 Å². The van der Waals surface area contributed by atoms with Gasteiger partial charge in [-0.05, 0) is 25.5 Å². The van der Waals surface area contributed by atoms with Gasteiger partial charge in [0, 0.05) is 18.0 Å². The molecule has 2 rings (SSSR count). The second-order valence-electron chi connectivity index (χ2n) is 3.47. The molecule has 16 heavy (non-hydrogen) atoms. The van der Waals surface area contributed by atoms with Crippen molar-refractivity contribution in [3.05, 3.63) is 34.7 Å². The van der Waals surface area contributed by atoms with E-state index in [1.54, 1.807) is 19.3 Å². The zero-order chi connectivity index (χ0) is 11.7.